The highest BCUT2D eigenvalue weighted by molar-refractivity contribution is 5.92. The second kappa shape index (κ2) is 6.61. The highest BCUT2D eigenvalue weighted by Gasteiger charge is 2.05. The number of anilines is 2. The Hall–Kier alpha value is -2.08. The average molecular weight is 252 g/mol. The van der Waals surface area contributed by atoms with Gasteiger partial charge in [-0.25, -0.2) is 4.79 Å². The first-order chi connectivity index (χ1) is 8.49. The number of nitrogens with one attached hydrogen (secondary N) is 1. The minimum atomic E-state index is -1.10. The molecule has 0 saturated heterocycles. The van der Waals surface area contributed by atoms with Crippen molar-refractivity contribution in [3.8, 4) is 0 Å². The van der Waals surface area contributed by atoms with Crippen LogP contribution in [0, 0.1) is 0 Å². The van der Waals surface area contributed by atoms with E-state index in [1.165, 1.54) is 0 Å². The lowest BCUT2D eigenvalue weighted by molar-refractivity contribution is -0.143. The van der Waals surface area contributed by atoms with Gasteiger partial charge in [0.15, 0.2) is 0 Å². The Kier molecular flexibility index (Phi) is 5.13. The molecule has 0 heterocycles. The summed E-state index contributed by atoms with van der Waals surface area (Å²) in [6.45, 7) is -0.760. The monoisotopic (exact) mass is 252 g/mol. The lowest BCUT2D eigenvalue weighted by Crippen LogP contribution is -2.20. The topological polar surface area (TPSA) is 78.9 Å². The molecule has 0 aliphatic rings. The molecule has 2 N–H and O–H groups in total. The van der Waals surface area contributed by atoms with Crippen LogP contribution in [0.4, 0.5) is 11.4 Å². The summed E-state index contributed by atoms with van der Waals surface area (Å²) in [5.74, 6) is -1.48. The first kappa shape index (κ1) is 14.0. The SMILES string of the molecule is CN(C)c1cccc(NC(=O)COCC(=O)O)c1. The molecule has 1 amide bonds. The number of amides is 1. The summed E-state index contributed by atoms with van der Waals surface area (Å²) in [6.07, 6.45) is 0. The van der Waals surface area contributed by atoms with Crippen molar-refractivity contribution in [3.63, 3.8) is 0 Å². The zero-order chi connectivity index (χ0) is 13.5. The van der Waals surface area contributed by atoms with Crippen molar-refractivity contribution >= 4 is 23.3 Å². The van der Waals surface area contributed by atoms with Gasteiger partial charge in [-0.15, -0.1) is 0 Å². The number of carboxylic acids is 1. The number of carboxylic acid groups (broad SMARTS) is 1. The highest BCUT2D eigenvalue weighted by Crippen LogP contribution is 2.16. The Morgan fingerprint density at radius 2 is 2.06 bits per heavy atom. The predicted octanol–water partition coefficient (Wildman–Crippen LogP) is 0.792. The van der Waals surface area contributed by atoms with E-state index < -0.39 is 12.6 Å². The number of benzene rings is 1. The fourth-order valence-electron chi connectivity index (χ4n) is 1.29. The van der Waals surface area contributed by atoms with Crippen LogP contribution >= 0.6 is 0 Å². The molecular formula is C12H16N2O4. The maximum Gasteiger partial charge on any atom is 0.329 e. The van der Waals surface area contributed by atoms with E-state index in [1.807, 2.05) is 37.2 Å². The van der Waals surface area contributed by atoms with E-state index in [4.69, 9.17) is 5.11 Å². The fourth-order valence-corrected chi connectivity index (χ4v) is 1.29. The summed E-state index contributed by atoms with van der Waals surface area (Å²) in [6, 6.07) is 7.30. The molecule has 0 fully saturated rings. The molecule has 0 saturated carbocycles. The van der Waals surface area contributed by atoms with Crippen molar-refractivity contribution in [2.24, 2.45) is 0 Å². The van der Waals surface area contributed by atoms with Crippen LogP contribution in [0.2, 0.25) is 0 Å². The Labute approximate surface area is 105 Å². The van der Waals surface area contributed by atoms with Crippen molar-refractivity contribution in [1.29, 1.82) is 0 Å². The third-order valence-corrected chi connectivity index (χ3v) is 2.11. The van der Waals surface area contributed by atoms with E-state index in [2.05, 4.69) is 10.1 Å². The summed E-state index contributed by atoms with van der Waals surface area (Å²) in [5.41, 5.74) is 1.60. The molecule has 0 radical (unpaired) electrons. The maximum absolute atomic E-state index is 11.4. The van der Waals surface area contributed by atoms with E-state index in [-0.39, 0.29) is 12.5 Å². The van der Waals surface area contributed by atoms with E-state index >= 15 is 0 Å². The van der Waals surface area contributed by atoms with Gasteiger partial charge in [-0.3, -0.25) is 4.79 Å². The molecule has 98 valence electrons. The molecule has 0 unspecified atom stereocenters. The van der Waals surface area contributed by atoms with E-state index in [9.17, 15) is 9.59 Å². The standard InChI is InChI=1S/C12H16N2O4/c1-14(2)10-5-3-4-9(6-10)13-11(15)7-18-8-12(16)17/h3-6H,7-8H2,1-2H3,(H,13,15)(H,16,17). The Bertz CT molecular complexity index is 432. The summed E-state index contributed by atoms with van der Waals surface area (Å²) < 4.78 is 4.68. The summed E-state index contributed by atoms with van der Waals surface area (Å²) in [4.78, 5) is 23.5. The number of carbonyl (C=O) groups excluding carboxylic acids is 1. The molecule has 0 aliphatic heterocycles. The smallest absolute Gasteiger partial charge is 0.329 e. The molecule has 1 rings (SSSR count). The average Bonchev–Trinajstić information content (AvgIpc) is 2.28. The van der Waals surface area contributed by atoms with Crippen LogP contribution in [0.1, 0.15) is 0 Å². The van der Waals surface area contributed by atoms with E-state index in [0.717, 1.165) is 5.69 Å². The minimum absolute atomic E-state index is 0.279. The lowest BCUT2D eigenvalue weighted by atomic mass is 10.2. The third-order valence-electron chi connectivity index (χ3n) is 2.11. The van der Waals surface area contributed by atoms with Gasteiger partial charge in [-0.2, -0.15) is 0 Å². The largest absolute Gasteiger partial charge is 0.480 e. The second-order valence-electron chi connectivity index (χ2n) is 3.88. The second-order valence-corrected chi connectivity index (χ2v) is 3.88. The molecule has 0 aliphatic carbocycles. The zero-order valence-electron chi connectivity index (χ0n) is 10.3. The molecule has 1 aromatic rings. The summed E-state index contributed by atoms with van der Waals surface area (Å²) >= 11 is 0. The number of hydrogen-bond acceptors (Lipinski definition) is 4. The number of aliphatic carboxylic acids is 1. The van der Waals surface area contributed by atoms with Crippen LogP contribution < -0.4 is 10.2 Å². The van der Waals surface area contributed by atoms with Crippen molar-refractivity contribution in [2.45, 2.75) is 0 Å². The van der Waals surface area contributed by atoms with Gasteiger partial charge in [0, 0.05) is 25.5 Å². The Morgan fingerprint density at radius 3 is 2.67 bits per heavy atom. The zero-order valence-corrected chi connectivity index (χ0v) is 10.3. The van der Waals surface area contributed by atoms with Crippen molar-refractivity contribution in [3.05, 3.63) is 24.3 Å². The van der Waals surface area contributed by atoms with Crippen LogP contribution in [0.15, 0.2) is 24.3 Å². The number of hydrogen-bond donors (Lipinski definition) is 2. The predicted molar refractivity (Wildman–Crippen MR) is 67.9 cm³/mol. The van der Waals surface area contributed by atoms with Gasteiger partial charge in [-0.05, 0) is 18.2 Å². The molecule has 1 aromatic carbocycles. The van der Waals surface area contributed by atoms with Crippen LogP contribution in [-0.2, 0) is 14.3 Å². The normalized spacial score (nSPS) is 9.89. The van der Waals surface area contributed by atoms with Gasteiger partial charge >= 0.3 is 5.97 Å². The highest BCUT2D eigenvalue weighted by atomic mass is 16.5. The fraction of sp³-hybridized carbons (Fsp3) is 0.333. The number of ether oxygens (including phenoxy) is 1. The van der Waals surface area contributed by atoms with E-state index in [0.29, 0.717) is 5.69 Å². The molecule has 0 atom stereocenters. The van der Waals surface area contributed by atoms with Gasteiger partial charge < -0.3 is 20.1 Å². The number of rotatable bonds is 6. The van der Waals surface area contributed by atoms with Crippen LogP contribution in [0.3, 0.4) is 0 Å². The van der Waals surface area contributed by atoms with Gasteiger partial charge in [0.1, 0.15) is 13.2 Å². The molecular weight excluding hydrogens is 236 g/mol. The first-order valence-corrected chi connectivity index (χ1v) is 5.36. The Balaban J connectivity index is 2.49. The molecule has 0 aromatic heterocycles. The number of nitrogens with zero attached hydrogens (tertiary/aromatic N) is 1. The lowest BCUT2D eigenvalue weighted by Gasteiger charge is -2.13. The molecule has 18 heavy (non-hydrogen) atoms. The van der Waals surface area contributed by atoms with Crippen molar-refractivity contribution < 1.29 is 19.4 Å². The number of carbonyl (C=O) groups is 2. The summed E-state index contributed by atoms with van der Waals surface area (Å²) in [7, 11) is 3.80. The summed E-state index contributed by atoms with van der Waals surface area (Å²) in [5, 5.41) is 11.0. The quantitative estimate of drug-likeness (QED) is 0.782. The maximum atomic E-state index is 11.4. The third kappa shape index (κ3) is 4.84. The first-order valence-electron chi connectivity index (χ1n) is 5.36. The molecule has 0 spiro atoms. The van der Waals surface area contributed by atoms with E-state index in [1.54, 1.807) is 6.07 Å². The van der Waals surface area contributed by atoms with Gasteiger partial charge in [0.25, 0.3) is 0 Å². The minimum Gasteiger partial charge on any atom is -0.480 e. The molecule has 6 nitrogen and oxygen atoms in total. The van der Waals surface area contributed by atoms with Crippen LogP contribution in [0.25, 0.3) is 0 Å². The van der Waals surface area contributed by atoms with Crippen molar-refractivity contribution in [1.82, 2.24) is 0 Å². The van der Waals surface area contributed by atoms with Crippen LogP contribution in [-0.4, -0.2) is 44.3 Å². The Morgan fingerprint density at radius 1 is 1.33 bits per heavy atom. The molecule has 0 bridgehead atoms. The van der Waals surface area contributed by atoms with Gasteiger partial charge in [0.05, 0.1) is 0 Å². The van der Waals surface area contributed by atoms with Gasteiger partial charge in [-0.1, -0.05) is 6.07 Å². The van der Waals surface area contributed by atoms with Crippen LogP contribution in [0.5, 0.6) is 0 Å². The van der Waals surface area contributed by atoms with Crippen molar-refractivity contribution in [2.75, 3.05) is 37.5 Å². The molecule has 6 heteroatoms. The van der Waals surface area contributed by atoms with Gasteiger partial charge in [0.2, 0.25) is 5.91 Å².